The van der Waals surface area contributed by atoms with Gasteiger partial charge in [-0.05, 0) is 23.3 Å². The van der Waals surface area contributed by atoms with E-state index in [1.54, 1.807) is 24.3 Å². The standard InChI is InChI=1S/C13H10Cl2O3S/c1-18-13(17)8-4-2-3-7(10(8)6-16)9-5-11(14)19-12(9)15/h2-5,16H,6H2,1H3. The number of hydrogen-bond acceptors (Lipinski definition) is 4. The lowest BCUT2D eigenvalue weighted by molar-refractivity contribution is 0.0597. The SMILES string of the molecule is COC(=O)c1cccc(-c2cc(Cl)sc2Cl)c1CO. The smallest absolute Gasteiger partial charge is 0.338 e. The summed E-state index contributed by atoms with van der Waals surface area (Å²) in [5.74, 6) is -0.497. The summed E-state index contributed by atoms with van der Waals surface area (Å²) in [4.78, 5) is 11.7. The maximum Gasteiger partial charge on any atom is 0.338 e. The lowest BCUT2D eigenvalue weighted by Crippen LogP contribution is -2.07. The molecule has 1 aromatic carbocycles. The number of hydrogen-bond donors (Lipinski definition) is 1. The van der Waals surface area contributed by atoms with Crippen LogP contribution in [0.4, 0.5) is 0 Å². The van der Waals surface area contributed by atoms with E-state index in [4.69, 9.17) is 27.9 Å². The average Bonchev–Trinajstić information content (AvgIpc) is 2.75. The molecule has 0 atom stereocenters. The van der Waals surface area contributed by atoms with E-state index in [-0.39, 0.29) is 6.61 Å². The van der Waals surface area contributed by atoms with E-state index in [2.05, 4.69) is 0 Å². The molecule has 0 fully saturated rings. The molecule has 0 aliphatic carbocycles. The molecule has 0 aliphatic heterocycles. The monoisotopic (exact) mass is 316 g/mol. The van der Waals surface area contributed by atoms with Gasteiger partial charge in [0.25, 0.3) is 0 Å². The van der Waals surface area contributed by atoms with Crippen molar-refractivity contribution in [2.24, 2.45) is 0 Å². The van der Waals surface area contributed by atoms with Crippen LogP contribution < -0.4 is 0 Å². The lowest BCUT2D eigenvalue weighted by atomic mass is 9.97. The first kappa shape index (κ1) is 14.3. The van der Waals surface area contributed by atoms with Crippen LogP contribution in [0, 0.1) is 0 Å². The van der Waals surface area contributed by atoms with E-state index in [0.717, 1.165) is 0 Å². The first-order valence-corrected chi connectivity index (χ1v) is 6.92. The van der Waals surface area contributed by atoms with Crippen LogP contribution in [0.5, 0.6) is 0 Å². The summed E-state index contributed by atoms with van der Waals surface area (Å²) in [6, 6.07) is 6.80. The Morgan fingerprint density at radius 3 is 2.63 bits per heavy atom. The highest BCUT2D eigenvalue weighted by Gasteiger charge is 2.18. The fraction of sp³-hybridized carbons (Fsp3) is 0.154. The Balaban J connectivity index is 2.64. The molecule has 2 rings (SSSR count). The highest BCUT2D eigenvalue weighted by Crippen LogP contribution is 2.40. The van der Waals surface area contributed by atoms with E-state index in [1.165, 1.54) is 18.4 Å². The predicted octanol–water partition coefficient (Wildman–Crippen LogP) is 4.00. The number of carbonyl (C=O) groups excluding carboxylic acids is 1. The first-order valence-electron chi connectivity index (χ1n) is 5.34. The van der Waals surface area contributed by atoms with Crippen molar-refractivity contribution < 1.29 is 14.6 Å². The molecule has 100 valence electrons. The molecule has 3 nitrogen and oxygen atoms in total. The Hall–Kier alpha value is -1.07. The topological polar surface area (TPSA) is 46.5 Å². The largest absolute Gasteiger partial charge is 0.465 e. The van der Waals surface area contributed by atoms with Crippen LogP contribution in [0.3, 0.4) is 0 Å². The third-order valence-corrected chi connectivity index (χ3v) is 4.17. The van der Waals surface area contributed by atoms with Gasteiger partial charge in [0.1, 0.15) is 4.34 Å². The molecule has 0 amide bonds. The quantitative estimate of drug-likeness (QED) is 0.870. The van der Waals surface area contributed by atoms with E-state index >= 15 is 0 Å². The molecule has 0 radical (unpaired) electrons. The molecule has 1 N–H and O–H groups in total. The summed E-state index contributed by atoms with van der Waals surface area (Å²) in [7, 11) is 1.30. The van der Waals surface area contributed by atoms with Gasteiger partial charge in [-0.15, -0.1) is 11.3 Å². The van der Waals surface area contributed by atoms with Crippen LogP contribution in [0.2, 0.25) is 8.67 Å². The second kappa shape index (κ2) is 5.92. The molecule has 0 saturated heterocycles. The average molecular weight is 317 g/mol. The zero-order valence-corrected chi connectivity index (χ0v) is 12.3. The van der Waals surface area contributed by atoms with Crippen molar-refractivity contribution in [3.63, 3.8) is 0 Å². The normalized spacial score (nSPS) is 10.5. The van der Waals surface area contributed by atoms with Gasteiger partial charge in [0.15, 0.2) is 0 Å². The third-order valence-electron chi connectivity index (χ3n) is 2.69. The van der Waals surface area contributed by atoms with Crippen molar-refractivity contribution >= 4 is 40.5 Å². The molecule has 0 unspecified atom stereocenters. The van der Waals surface area contributed by atoms with Crippen molar-refractivity contribution in [1.29, 1.82) is 0 Å². The van der Waals surface area contributed by atoms with Gasteiger partial charge in [-0.3, -0.25) is 0 Å². The maximum absolute atomic E-state index is 11.7. The fourth-order valence-electron chi connectivity index (χ4n) is 1.83. The van der Waals surface area contributed by atoms with Crippen molar-refractivity contribution in [1.82, 2.24) is 0 Å². The van der Waals surface area contributed by atoms with Crippen LogP contribution in [0.25, 0.3) is 11.1 Å². The Bertz CT molecular complexity index is 622. The van der Waals surface area contributed by atoms with Gasteiger partial charge in [0.05, 0.1) is 23.6 Å². The number of aliphatic hydroxyl groups is 1. The molecule has 2 aromatic rings. The minimum Gasteiger partial charge on any atom is -0.465 e. The zero-order chi connectivity index (χ0) is 14.0. The van der Waals surface area contributed by atoms with Gasteiger partial charge >= 0.3 is 5.97 Å². The van der Waals surface area contributed by atoms with E-state index in [1.807, 2.05) is 0 Å². The van der Waals surface area contributed by atoms with Crippen molar-refractivity contribution in [3.8, 4) is 11.1 Å². The van der Waals surface area contributed by atoms with Gasteiger partial charge in [-0.25, -0.2) is 4.79 Å². The predicted molar refractivity (Wildman–Crippen MR) is 77.0 cm³/mol. The molecule has 1 heterocycles. The summed E-state index contributed by atoms with van der Waals surface area (Å²) in [5, 5.41) is 9.52. The second-order valence-corrected chi connectivity index (χ2v) is 6.00. The van der Waals surface area contributed by atoms with Gasteiger partial charge in [0.2, 0.25) is 0 Å². The number of benzene rings is 1. The highest BCUT2D eigenvalue weighted by atomic mass is 35.5. The number of methoxy groups -OCH3 is 1. The molecule has 0 saturated carbocycles. The van der Waals surface area contributed by atoms with Gasteiger partial charge in [0, 0.05) is 5.56 Å². The molecular formula is C13H10Cl2O3S. The minimum absolute atomic E-state index is 0.287. The van der Waals surface area contributed by atoms with Crippen molar-refractivity contribution in [2.45, 2.75) is 6.61 Å². The molecular weight excluding hydrogens is 307 g/mol. The number of esters is 1. The number of aliphatic hydroxyl groups excluding tert-OH is 1. The highest BCUT2D eigenvalue weighted by molar-refractivity contribution is 7.20. The van der Waals surface area contributed by atoms with Gasteiger partial charge in [-0.1, -0.05) is 35.3 Å². The fourth-order valence-corrected chi connectivity index (χ4v) is 3.33. The minimum atomic E-state index is -0.497. The molecule has 6 heteroatoms. The van der Waals surface area contributed by atoms with Crippen molar-refractivity contribution in [3.05, 3.63) is 44.1 Å². The number of carbonyl (C=O) groups is 1. The van der Waals surface area contributed by atoms with E-state index in [0.29, 0.717) is 30.9 Å². The second-order valence-electron chi connectivity index (χ2n) is 3.72. The van der Waals surface area contributed by atoms with Crippen LogP contribution in [-0.2, 0) is 11.3 Å². The Kier molecular flexibility index (Phi) is 4.47. The van der Waals surface area contributed by atoms with Crippen LogP contribution >= 0.6 is 34.5 Å². The molecule has 19 heavy (non-hydrogen) atoms. The first-order chi connectivity index (χ1) is 9.08. The summed E-state index contributed by atoms with van der Waals surface area (Å²) in [6.07, 6.45) is 0. The van der Waals surface area contributed by atoms with Gasteiger partial charge in [-0.2, -0.15) is 0 Å². The third kappa shape index (κ3) is 2.77. The molecule has 0 spiro atoms. The molecule has 0 aliphatic rings. The van der Waals surface area contributed by atoms with Crippen LogP contribution in [0.15, 0.2) is 24.3 Å². The Morgan fingerprint density at radius 2 is 2.11 bits per heavy atom. The summed E-state index contributed by atoms with van der Waals surface area (Å²) < 4.78 is 5.76. The van der Waals surface area contributed by atoms with Crippen LogP contribution in [0.1, 0.15) is 15.9 Å². The summed E-state index contributed by atoms with van der Waals surface area (Å²) in [6.45, 7) is -0.287. The number of thiophene rings is 1. The number of ether oxygens (including phenoxy) is 1. The van der Waals surface area contributed by atoms with E-state index in [9.17, 15) is 9.90 Å². The van der Waals surface area contributed by atoms with Gasteiger partial charge < -0.3 is 9.84 Å². The zero-order valence-electron chi connectivity index (χ0n) is 9.94. The number of halogens is 2. The van der Waals surface area contributed by atoms with Crippen molar-refractivity contribution in [2.75, 3.05) is 7.11 Å². The summed E-state index contributed by atoms with van der Waals surface area (Å²) >= 11 is 13.3. The summed E-state index contributed by atoms with van der Waals surface area (Å²) in [5.41, 5.74) is 2.18. The Labute approximate surface area is 124 Å². The van der Waals surface area contributed by atoms with Crippen LogP contribution in [-0.4, -0.2) is 18.2 Å². The Morgan fingerprint density at radius 1 is 1.37 bits per heavy atom. The van der Waals surface area contributed by atoms with E-state index < -0.39 is 5.97 Å². The maximum atomic E-state index is 11.7. The molecule has 0 bridgehead atoms. The lowest BCUT2D eigenvalue weighted by Gasteiger charge is -2.11. The number of rotatable bonds is 3. The molecule has 1 aromatic heterocycles.